The molecule has 12 aliphatic rings. The fourth-order valence-electron chi connectivity index (χ4n) is 26.2. The summed E-state index contributed by atoms with van der Waals surface area (Å²) in [7, 11) is 1.29. The third kappa shape index (κ3) is 16.4. The van der Waals surface area contributed by atoms with Crippen molar-refractivity contribution in [3.05, 3.63) is 135 Å². The van der Waals surface area contributed by atoms with Crippen molar-refractivity contribution in [3.63, 3.8) is 0 Å². The first kappa shape index (κ1) is 79.5. The summed E-state index contributed by atoms with van der Waals surface area (Å²) in [5, 5.41) is 1.50. The predicted octanol–water partition coefficient (Wildman–Crippen LogP) is 14.0. The average molecular weight is 1550 g/mol. The van der Waals surface area contributed by atoms with E-state index < -0.39 is 17.6 Å². The molecule has 6 saturated heterocycles. The number of carbonyl (C=O) groups excluding carboxylic acids is 4. The molecule has 3 aromatic heterocycles. The van der Waals surface area contributed by atoms with Crippen molar-refractivity contribution in [1.29, 1.82) is 0 Å². The summed E-state index contributed by atoms with van der Waals surface area (Å²) >= 11 is 0. The number of ketones is 2. The van der Waals surface area contributed by atoms with E-state index in [-0.39, 0.29) is 96.8 Å². The van der Waals surface area contributed by atoms with E-state index in [9.17, 15) is 47.9 Å². The number of nitrogens with zero attached hydrogens (tertiary/aromatic N) is 9. The summed E-state index contributed by atoms with van der Waals surface area (Å²) in [6.45, 7) is 7.90. The lowest BCUT2D eigenvalue weighted by atomic mass is 9.64. The highest BCUT2D eigenvalue weighted by Gasteiger charge is 2.51. The van der Waals surface area contributed by atoms with E-state index in [1.165, 1.54) is 189 Å². The van der Waals surface area contributed by atoms with Crippen LogP contribution in [0.4, 0.5) is 0 Å². The third-order valence-corrected chi connectivity index (χ3v) is 30.4. The molecular weight excluding hydrogens is 1420 g/mol. The van der Waals surface area contributed by atoms with Crippen LogP contribution in [0.1, 0.15) is 271 Å². The molecule has 21 nitrogen and oxygen atoms in total. The molecule has 6 saturated carbocycles. The molecule has 3 aromatic carbocycles. The number of ether oxygens (including phenoxy) is 2. The van der Waals surface area contributed by atoms with Crippen LogP contribution in [-0.2, 0) is 48.3 Å². The van der Waals surface area contributed by atoms with Gasteiger partial charge in [0.15, 0.2) is 5.78 Å². The van der Waals surface area contributed by atoms with Gasteiger partial charge in [-0.3, -0.25) is 75.7 Å². The molecule has 6 aliphatic carbocycles. The summed E-state index contributed by atoms with van der Waals surface area (Å²) in [4.78, 5) is 140. The minimum atomic E-state index is -0.454. The number of aromatic nitrogens is 6. The van der Waals surface area contributed by atoms with Crippen molar-refractivity contribution < 1.29 is 28.7 Å². The molecule has 12 fully saturated rings. The minimum absolute atomic E-state index is 0.00151. The molecule has 12 atom stereocenters. The highest BCUT2D eigenvalue weighted by atomic mass is 16.5. The predicted molar refractivity (Wildman–Crippen MR) is 439 cm³/mol. The maximum Gasteiger partial charge on any atom is 0.332 e. The van der Waals surface area contributed by atoms with Crippen LogP contribution < -0.4 is 33.7 Å². The fraction of sp³-hybridized carbons (Fsp3) is 0.696. The largest absolute Gasteiger partial charge is 0.469 e. The van der Waals surface area contributed by atoms with Crippen LogP contribution in [0, 0.1) is 47.3 Å². The first-order chi connectivity index (χ1) is 54.8. The van der Waals surface area contributed by atoms with Crippen molar-refractivity contribution in [2.45, 2.75) is 345 Å². The number of methoxy groups -OCH3 is 1. The van der Waals surface area contributed by atoms with E-state index in [2.05, 4.69) is 33.3 Å². The molecular formula is C92H125N9O12. The lowest BCUT2D eigenvalue weighted by Gasteiger charge is -2.55. The molecule has 12 bridgehead atoms. The number of carbonyl (C=O) groups is 4. The first-order valence-corrected chi connectivity index (χ1v) is 44.6. The Morgan fingerprint density at radius 2 is 0.664 bits per heavy atom. The number of hydrogen-bond donors (Lipinski definition) is 0. The van der Waals surface area contributed by atoms with Gasteiger partial charge in [0.1, 0.15) is 12.3 Å². The Bertz CT molecular complexity index is 4790. The van der Waals surface area contributed by atoms with Crippen molar-refractivity contribution >= 4 is 56.2 Å². The second kappa shape index (κ2) is 34.4. The zero-order valence-electron chi connectivity index (χ0n) is 68.0. The van der Waals surface area contributed by atoms with Crippen LogP contribution in [0.3, 0.4) is 0 Å². The quantitative estimate of drug-likeness (QED) is 0.0729. The van der Waals surface area contributed by atoms with Crippen LogP contribution in [0.5, 0.6) is 0 Å². The van der Waals surface area contributed by atoms with Gasteiger partial charge in [-0.1, -0.05) is 102 Å². The van der Waals surface area contributed by atoms with Crippen molar-refractivity contribution in [2.75, 3.05) is 13.7 Å². The second-order valence-electron chi connectivity index (χ2n) is 37.4. The molecule has 6 aliphatic heterocycles. The monoisotopic (exact) mass is 1550 g/mol. The molecule has 21 heteroatoms. The molecule has 0 amide bonds. The number of Topliss-reactive ketones (excluding diaryl/α,β-unsaturated/α-hetero) is 2. The summed E-state index contributed by atoms with van der Waals surface area (Å²) in [6, 6.07) is 25.6. The Hall–Kier alpha value is -7.36. The lowest BCUT2D eigenvalue weighted by molar-refractivity contribution is -0.144. The van der Waals surface area contributed by atoms with E-state index in [0.717, 1.165) is 112 Å². The fourth-order valence-corrected chi connectivity index (χ4v) is 26.2. The summed E-state index contributed by atoms with van der Waals surface area (Å²) in [5.74, 6) is 5.87. The first-order valence-electron chi connectivity index (χ1n) is 44.6. The number of fused-ring (bicyclic) bond motifs is 15. The molecule has 113 heavy (non-hydrogen) atoms. The highest BCUT2D eigenvalue weighted by Crippen LogP contribution is 2.52. The Morgan fingerprint density at radius 3 is 1.00 bits per heavy atom. The Morgan fingerprint density at radius 1 is 0.345 bits per heavy atom. The molecule has 610 valence electrons. The normalized spacial score (nSPS) is 32.8. The Labute approximate surface area is 664 Å². The van der Waals surface area contributed by atoms with Gasteiger partial charge in [0.05, 0.1) is 65.9 Å². The zero-order valence-corrected chi connectivity index (χ0v) is 68.0. The number of para-hydroxylation sites is 3. The standard InChI is InChI=1S/C31H41N3O5.C31H43N3O4.C30H41N3O3/c1-39-29(36)13-12-26(35)19-32-28-11-3-2-10-27(28)30(37)34(31(32)38)25-17-22-8-5-9-23(18-25)33(22)24-15-20-6-4-7-21(14-20)16-24;1-3-20-12-21-14-22(13-20)16-25(15-21)33-23-8-7-9-24(33)18-26(17-23)34-30(36)27-10-5-6-11-28(27)32(31(34)37)19-29(35)38-4-2;1-3-20-11-21-13-22(12-20)15-25(14-21)32-23-7-6-8-24(32)17-26(16-23)33-29(35)27-9-4-5-10-28(27)31(30(33)36)18-19(2)34/h2-3,10-11,20-25H,4-9,12-19H2,1H3;5-6,10-11,20-26H,3-4,7-9,12-19H2,1-2H3;4-5,9-10,20-26H,3,6-8,11-18H2,1-2H3. The number of hydrogen-bond acceptors (Lipinski definition) is 15. The van der Waals surface area contributed by atoms with Gasteiger partial charge in [-0.2, -0.15) is 0 Å². The molecule has 0 radical (unpaired) electrons. The van der Waals surface area contributed by atoms with Crippen LogP contribution in [0.15, 0.2) is 102 Å². The summed E-state index contributed by atoms with van der Waals surface area (Å²) < 4.78 is 18.7. The molecule has 0 N–H and O–H groups in total. The van der Waals surface area contributed by atoms with E-state index in [4.69, 9.17) is 4.74 Å². The van der Waals surface area contributed by atoms with Gasteiger partial charge in [-0.05, 0) is 258 Å². The van der Waals surface area contributed by atoms with Crippen molar-refractivity contribution in [3.8, 4) is 0 Å². The van der Waals surface area contributed by atoms with Crippen LogP contribution in [0.2, 0.25) is 0 Å². The van der Waals surface area contributed by atoms with Gasteiger partial charge in [0, 0.05) is 78.9 Å². The third-order valence-electron chi connectivity index (χ3n) is 30.4. The topological polar surface area (TPSA) is 228 Å². The van der Waals surface area contributed by atoms with E-state index in [0.29, 0.717) is 87.1 Å². The SMILES string of the molecule is CCC1CC2CC(C1)CC(N1C3CCCC1CC(n1c(=O)c4ccccc4n(CC(C)=O)c1=O)C3)C2.CCOC(=O)Cn1c(=O)n(C2CC3CCCC(C2)N3C2CC3CC(CC)CC(C3)C2)c(=O)c2ccccc21.COC(=O)CCC(=O)Cn1c(=O)n(C2CC3CCCC(C2)N3C2CC3CCCC(C3)C2)c(=O)c2ccccc21. The Kier molecular flexibility index (Phi) is 24.2. The minimum Gasteiger partial charge on any atom is -0.469 e. The van der Waals surface area contributed by atoms with Crippen LogP contribution in [0.25, 0.3) is 32.7 Å². The van der Waals surface area contributed by atoms with Gasteiger partial charge in [0.2, 0.25) is 0 Å². The van der Waals surface area contributed by atoms with Gasteiger partial charge in [-0.15, -0.1) is 0 Å². The van der Waals surface area contributed by atoms with Gasteiger partial charge in [0.25, 0.3) is 16.7 Å². The van der Waals surface area contributed by atoms with Gasteiger partial charge >= 0.3 is 29.0 Å². The Balaban J connectivity index is 0.000000128. The molecule has 6 aromatic rings. The highest BCUT2D eigenvalue weighted by molar-refractivity contribution is 5.85. The lowest BCUT2D eigenvalue weighted by Crippen LogP contribution is -2.59. The molecule has 9 heterocycles. The molecule has 18 rings (SSSR count). The second-order valence-corrected chi connectivity index (χ2v) is 37.4. The zero-order chi connectivity index (χ0) is 78.5. The molecule has 12 unspecified atom stereocenters. The van der Waals surface area contributed by atoms with Crippen molar-refractivity contribution in [1.82, 2.24) is 42.1 Å². The van der Waals surface area contributed by atoms with Gasteiger partial charge in [-0.25, -0.2) is 14.4 Å². The van der Waals surface area contributed by atoms with E-state index in [1.807, 2.05) is 18.2 Å². The summed E-state index contributed by atoms with van der Waals surface area (Å²) in [6.07, 6.45) is 40.2. The number of benzene rings is 3. The van der Waals surface area contributed by atoms with Crippen LogP contribution >= 0.6 is 0 Å². The van der Waals surface area contributed by atoms with E-state index in [1.54, 1.807) is 61.5 Å². The van der Waals surface area contributed by atoms with E-state index >= 15 is 0 Å². The molecule has 0 spiro atoms. The van der Waals surface area contributed by atoms with Gasteiger partial charge < -0.3 is 9.47 Å². The summed E-state index contributed by atoms with van der Waals surface area (Å²) in [5.41, 5.74) is -0.226. The smallest absolute Gasteiger partial charge is 0.332 e. The number of esters is 2. The van der Waals surface area contributed by atoms with Crippen molar-refractivity contribution in [2.24, 2.45) is 47.3 Å². The number of rotatable bonds is 18. The number of piperidine rings is 6. The van der Waals surface area contributed by atoms with Crippen LogP contribution in [-0.4, -0.2) is 134 Å². The average Bonchev–Trinajstić information content (AvgIpc) is 0.747. The maximum absolute atomic E-state index is 13.9. The maximum atomic E-state index is 13.9.